The molecule has 2 aromatic rings. The molecule has 2 rings (SSSR count). The monoisotopic (exact) mass is 297 g/mol. The third kappa shape index (κ3) is 3.82. The zero-order chi connectivity index (χ0) is 13.9. The molecule has 0 aliphatic carbocycles. The number of hydrogen-bond acceptors (Lipinski definition) is 2. The van der Waals surface area contributed by atoms with Gasteiger partial charge in [0.25, 0.3) is 0 Å². The van der Waals surface area contributed by atoms with Crippen LogP contribution < -0.4 is 5.32 Å². The molecule has 4 nitrogen and oxygen atoms in total. The van der Waals surface area contributed by atoms with E-state index in [1.54, 1.807) is 48.5 Å². The predicted octanol–water partition coefficient (Wildman–Crippen LogP) is 3.63. The Morgan fingerprint density at radius 1 is 1.05 bits per heavy atom. The highest BCUT2D eigenvalue weighted by Gasteiger charge is 2.30. The molecular weight excluding hydrogens is 285 g/mol. The second-order valence-corrected chi connectivity index (χ2v) is 6.19. The molecule has 0 aliphatic rings. The molecule has 0 saturated carbocycles. The van der Waals surface area contributed by atoms with Gasteiger partial charge in [-0.05, 0) is 29.8 Å². The zero-order valence-corrected chi connectivity index (χ0v) is 11.6. The van der Waals surface area contributed by atoms with Gasteiger partial charge >= 0.3 is 7.60 Å². The molecule has 6 heteroatoms. The highest BCUT2D eigenvalue weighted by molar-refractivity contribution is 7.52. The van der Waals surface area contributed by atoms with Crippen LogP contribution in [0, 0.1) is 0 Å². The lowest BCUT2D eigenvalue weighted by Crippen LogP contribution is -2.11. The van der Waals surface area contributed by atoms with Gasteiger partial charge in [0.15, 0.2) is 5.78 Å². The standard InChI is InChI=1S/C13H13ClNO3P/c14-11-6-4-5-10(9-11)13(19(16,17)18)15-12-7-2-1-3-8-12/h1-9,13,15H,(H2,16,17,18). The van der Waals surface area contributed by atoms with Crippen LogP contribution in [0.25, 0.3) is 0 Å². The average molecular weight is 298 g/mol. The highest BCUT2D eigenvalue weighted by atomic mass is 35.5. The minimum Gasteiger partial charge on any atom is -0.368 e. The lowest BCUT2D eigenvalue weighted by molar-refractivity contribution is 0.363. The van der Waals surface area contributed by atoms with E-state index in [4.69, 9.17) is 11.6 Å². The van der Waals surface area contributed by atoms with Gasteiger partial charge in [0.2, 0.25) is 0 Å². The van der Waals surface area contributed by atoms with Crippen molar-refractivity contribution in [3.63, 3.8) is 0 Å². The van der Waals surface area contributed by atoms with Gasteiger partial charge < -0.3 is 15.1 Å². The Labute approximate surface area is 116 Å². The number of hydrogen-bond donors (Lipinski definition) is 3. The number of rotatable bonds is 4. The van der Waals surface area contributed by atoms with E-state index in [-0.39, 0.29) is 0 Å². The molecule has 3 N–H and O–H groups in total. The van der Waals surface area contributed by atoms with E-state index < -0.39 is 13.4 Å². The summed E-state index contributed by atoms with van der Waals surface area (Å²) in [5.74, 6) is -1.12. The van der Waals surface area contributed by atoms with Gasteiger partial charge in [0.1, 0.15) is 0 Å². The van der Waals surface area contributed by atoms with Crippen molar-refractivity contribution in [1.82, 2.24) is 0 Å². The maximum Gasteiger partial charge on any atom is 0.352 e. The van der Waals surface area contributed by atoms with Crippen molar-refractivity contribution >= 4 is 24.9 Å². The lowest BCUT2D eigenvalue weighted by Gasteiger charge is -2.21. The van der Waals surface area contributed by atoms with E-state index in [1.807, 2.05) is 6.07 Å². The van der Waals surface area contributed by atoms with Crippen molar-refractivity contribution < 1.29 is 14.4 Å². The van der Waals surface area contributed by atoms with E-state index in [9.17, 15) is 14.4 Å². The van der Waals surface area contributed by atoms with E-state index >= 15 is 0 Å². The van der Waals surface area contributed by atoms with Gasteiger partial charge in [0, 0.05) is 10.7 Å². The van der Waals surface area contributed by atoms with Crippen molar-refractivity contribution in [3.05, 3.63) is 65.2 Å². The van der Waals surface area contributed by atoms with Crippen LogP contribution in [0.4, 0.5) is 5.69 Å². The van der Waals surface area contributed by atoms with Crippen LogP contribution >= 0.6 is 19.2 Å². The van der Waals surface area contributed by atoms with Crippen molar-refractivity contribution in [2.24, 2.45) is 0 Å². The summed E-state index contributed by atoms with van der Waals surface area (Å²) in [7, 11) is -4.35. The van der Waals surface area contributed by atoms with Crippen LogP contribution in [0.5, 0.6) is 0 Å². The Morgan fingerprint density at radius 2 is 1.74 bits per heavy atom. The Balaban J connectivity index is 2.35. The molecular formula is C13H13ClNO3P. The first kappa shape index (κ1) is 14.1. The van der Waals surface area contributed by atoms with Crippen molar-refractivity contribution in [3.8, 4) is 0 Å². The largest absolute Gasteiger partial charge is 0.368 e. The third-order valence-electron chi connectivity index (χ3n) is 2.58. The Morgan fingerprint density at radius 3 is 2.32 bits per heavy atom. The van der Waals surface area contributed by atoms with E-state index in [2.05, 4.69) is 5.32 Å². The van der Waals surface area contributed by atoms with Crippen LogP contribution in [0.1, 0.15) is 11.3 Å². The van der Waals surface area contributed by atoms with E-state index in [0.29, 0.717) is 16.3 Å². The minimum absolute atomic E-state index is 0.436. The SMILES string of the molecule is O=P(O)(O)C(Nc1ccccc1)c1cccc(Cl)c1. The Kier molecular flexibility index (Phi) is 4.27. The second-order valence-electron chi connectivity index (χ2n) is 4.06. The first-order valence-electron chi connectivity index (χ1n) is 5.59. The maximum absolute atomic E-state index is 11.6. The quantitative estimate of drug-likeness (QED) is 0.754. The first-order valence-corrected chi connectivity index (χ1v) is 7.65. The molecule has 1 atom stereocenters. The molecule has 0 aromatic heterocycles. The predicted molar refractivity (Wildman–Crippen MR) is 76.3 cm³/mol. The third-order valence-corrected chi connectivity index (χ3v) is 3.91. The van der Waals surface area contributed by atoms with Crippen LogP contribution in [-0.4, -0.2) is 9.79 Å². The Bertz CT molecular complexity index is 600. The van der Waals surface area contributed by atoms with Gasteiger partial charge in [-0.2, -0.15) is 0 Å². The fourth-order valence-corrected chi connectivity index (χ4v) is 2.80. The summed E-state index contributed by atoms with van der Waals surface area (Å²) in [6, 6.07) is 15.4. The van der Waals surface area contributed by atoms with E-state index in [1.165, 1.54) is 0 Å². The molecule has 0 amide bonds. The molecule has 2 aromatic carbocycles. The Hall–Kier alpha value is -1.32. The molecule has 0 radical (unpaired) electrons. The summed E-state index contributed by atoms with van der Waals surface area (Å²) < 4.78 is 11.6. The zero-order valence-electron chi connectivity index (χ0n) is 9.90. The molecule has 0 aliphatic heterocycles. The summed E-state index contributed by atoms with van der Waals surface area (Å²) in [6.07, 6.45) is 0. The second kappa shape index (κ2) is 5.76. The van der Waals surface area contributed by atoms with Crippen LogP contribution in [0.3, 0.4) is 0 Å². The van der Waals surface area contributed by atoms with Crippen molar-refractivity contribution in [1.29, 1.82) is 0 Å². The molecule has 0 spiro atoms. The maximum atomic E-state index is 11.6. The van der Waals surface area contributed by atoms with Gasteiger partial charge in [-0.15, -0.1) is 0 Å². The normalized spacial score (nSPS) is 13.0. The number of halogens is 1. The van der Waals surface area contributed by atoms with Gasteiger partial charge in [0.05, 0.1) is 0 Å². The van der Waals surface area contributed by atoms with Crippen molar-refractivity contribution in [2.75, 3.05) is 5.32 Å². The summed E-state index contributed by atoms with van der Waals surface area (Å²) in [6.45, 7) is 0. The van der Waals surface area contributed by atoms with Gasteiger partial charge in [-0.25, -0.2) is 0 Å². The molecule has 19 heavy (non-hydrogen) atoms. The molecule has 0 fully saturated rings. The first-order chi connectivity index (χ1) is 8.97. The molecule has 0 heterocycles. The van der Waals surface area contributed by atoms with Crippen LogP contribution in [0.15, 0.2) is 54.6 Å². The molecule has 0 saturated heterocycles. The lowest BCUT2D eigenvalue weighted by atomic mass is 10.2. The van der Waals surface area contributed by atoms with Gasteiger partial charge in [-0.1, -0.05) is 41.9 Å². The molecule has 100 valence electrons. The van der Waals surface area contributed by atoms with Crippen molar-refractivity contribution in [2.45, 2.75) is 5.78 Å². The highest BCUT2D eigenvalue weighted by Crippen LogP contribution is 2.51. The summed E-state index contributed by atoms with van der Waals surface area (Å²) in [4.78, 5) is 19.0. The number of nitrogens with one attached hydrogen (secondary N) is 1. The summed E-state index contributed by atoms with van der Waals surface area (Å²) in [5, 5.41) is 3.28. The molecule has 1 unspecified atom stereocenters. The average Bonchev–Trinajstić information content (AvgIpc) is 2.36. The summed E-state index contributed by atoms with van der Waals surface area (Å²) in [5.41, 5.74) is 1.08. The number of para-hydroxylation sites is 1. The smallest absolute Gasteiger partial charge is 0.352 e. The topological polar surface area (TPSA) is 69.6 Å². The summed E-state index contributed by atoms with van der Waals surface area (Å²) >= 11 is 5.86. The fraction of sp³-hybridized carbons (Fsp3) is 0.0769. The van der Waals surface area contributed by atoms with Gasteiger partial charge in [-0.3, -0.25) is 4.57 Å². The fourth-order valence-electron chi connectivity index (χ4n) is 1.73. The van der Waals surface area contributed by atoms with Crippen LogP contribution in [0.2, 0.25) is 5.02 Å². The number of anilines is 1. The number of benzene rings is 2. The molecule has 0 bridgehead atoms. The van der Waals surface area contributed by atoms with Crippen LogP contribution in [-0.2, 0) is 4.57 Å². The minimum atomic E-state index is -4.35. The van der Waals surface area contributed by atoms with E-state index in [0.717, 1.165) is 0 Å².